The van der Waals surface area contributed by atoms with Gasteiger partial charge in [-0.3, -0.25) is 9.59 Å². The van der Waals surface area contributed by atoms with Gasteiger partial charge in [-0.05, 0) is 273 Å². The van der Waals surface area contributed by atoms with E-state index in [1.54, 1.807) is 12.1 Å². The Kier molecular flexibility index (Phi) is 63.1. The van der Waals surface area contributed by atoms with Gasteiger partial charge in [-0.25, -0.2) is 0 Å². The van der Waals surface area contributed by atoms with Crippen LogP contribution in [0.25, 0.3) is 97.7 Å². The van der Waals surface area contributed by atoms with Gasteiger partial charge in [0, 0.05) is 0 Å². The van der Waals surface area contributed by atoms with Crippen molar-refractivity contribution >= 4 is 87.3 Å². The molecule has 17 rings (SSSR count). The van der Waals surface area contributed by atoms with E-state index in [9.17, 15) is 9.59 Å². The van der Waals surface area contributed by atoms with Crippen LogP contribution in [-0.4, -0.2) is 11.9 Å². The molecule has 0 aliphatic rings. The zero-order valence-electron chi connectivity index (χ0n) is 97.4. The van der Waals surface area contributed by atoms with E-state index in [0.29, 0.717) is 29.3 Å². The lowest BCUT2D eigenvalue weighted by molar-refractivity contribution is -0.144. The Bertz CT molecular complexity index is 6310. The second-order valence-corrected chi connectivity index (χ2v) is 37.4. The minimum atomic E-state index is -0.439. The quantitative estimate of drug-likeness (QED) is 0.0433. The maximum atomic E-state index is 12.0. The summed E-state index contributed by atoms with van der Waals surface area (Å²) < 4.78 is 10.6. The molecule has 0 heterocycles. The van der Waals surface area contributed by atoms with Crippen LogP contribution in [0, 0.1) is 11.3 Å². The highest BCUT2D eigenvalue weighted by molar-refractivity contribution is 6.03. The van der Waals surface area contributed by atoms with Gasteiger partial charge in [0.05, 0.1) is 11.3 Å². The van der Waals surface area contributed by atoms with E-state index in [4.69, 9.17) is 9.47 Å². The molecule has 0 amide bonds. The fourth-order valence-electron chi connectivity index (χ4n) is 15.4. The second kappa shape index (κ2) is 71.1. The molecule has 0 N–H and O–H groups in total. The van der Waals surface area contributed by atoms with Crippen LogP contribution in [0.5, 0.6) is 11.5 Å². The molecule has 4 nitrogen and oxygen atoms in total. The van der Waals surface area contributed by atoms with Gasteiger partial charge in [-0.1, -0.05) is 569 Å². The van der Waals surface area contributed by atoms with Crippen LogP contribution in [0.15, 0.2) is 376 Å². The molecule has 0 aliphatic heterocycles. The predicted octanol–water partition coefficient (Wildman–Crippen LogP) is 45.0. The number of carbonyl (C=O) groups is 2. The largest absolute Gasteiger partial charge is 0.426 e. The highest BCUT2D eigenvalue weighted by Crippen LogP contribution is 2.40. The number of hydrogen-bond acceptors (Lipinski definition) is 4. The van der Waals surface area contributed by atoms with Gasteiger partial charge in [0.15, 0.2) is 0 Å². The first kappa shape index (κ1) is 130. The summed E-state index contributed by atoms with van der Waals surface area (Å²) in [6.07, 6.45) is 8.65. The van der Waals surface area contributed by atoms with Gasteiger partial charge in [-0.2, -0.15) is 0 Å². The first-order valence-corrected chi connectivity index (χ1v) is 55.7. The molecule has 146 heavy (non-hydrogen) atoms. The van der Waals surface area contributed by atoms with Gasteiger partial charge < -0.3 is 9.47 Å². The van der Waals surface area contributed by atoms with E-state index in [2.05, 4.69) is 407 Å². The van der Waals surface area contributed by atoms with Crippen molar-refractivity contribution in [3.8, 4) is 33.8 Å². The first-order chi connectivity index (χ1) is 70.6. The number of hydrogen-bond donors (Lipinski definition) is 0. The average molecular weight is 1960 g/mol. The van der Waals surface area contributed by atoms with E-state index in [0.717, 1.165) is 42.9 Å². The van der Waals surface area contributed by atoms with Crippen molar-refractivity contribution in [2.45, 2.75) is 335 Å². The molecule has 782 valence electrons. The molecule has 4 atom stereocenters. The minimum absolute atomic E-state index is 0.0276. The SMILES string of the molecule is CC.CC.CC.CC.CC.CC.CC.CC.CCC(C)(C)C(=O)Oc1ccc2ccccc2c1.CCC(C)(C)c1c2ccccc2cc2ccccc12.CCC(C)(C)c1ccc(-c2ccccc2)cc1.CCC(C)(C)c1ccc2cc3ccccc3cc2c1.CCC(C)C(=O)Oc1ccccc1.CCC(C)c1ccc(-c2ccccc2)cc1.CCC(C)c1ccc2ccccc2c1.CCC(C)c1cccc2ccccc12. The lowest BCUT2D eigenvalue weighted by atomic mass is 9.77. The molecule has 17 aromatic carbocycles. The summed E-state index contributed by atoms with van der Waals surface area (Å²) in [5, 5.41) is 18.5. The third-order valence-corrected chi connectivity index (χ3v) is 26.8. The Labute approximate surface area is 889 Å². The fraction of sp³-hybridized carbons (Fsp3) is 0.366. The standard InChI is InChI=1S/2C19H20.C17H20.C16H18O2.C16H18.2C14H16.C11H14O2.8C2H6/c1-4-19(2,3)18-16-11-7-5-9-14(16)13-15-10-6-8-12-17(15)18;1-4-19(2,3)18-10-9-16-11-14-7-5-6-8-15(14)12-17(16)13-18;1-4-17(2,3)16-12-10-15(11-13-16)14-8-6-5-7-9-14;1-4-16(2,3)15(17)18-14-10-9-12-7-5-6-8-13(12)11-14;1-3-13(2)14-9-11-16(12-10-14)15-7-5-4-6-8-15;1-3-11(2)13-10-6-8-12-7-4-5-9-14(12)13;1-3-11(2)13-9-8-12-6-4-5-7-14(12)10-13;1-3-9(2)11(12)13-10-7-5-4-6-8-10;8*1-2/h2*5-13H,4H2,1-3H3;5-13H,4H2,1-3H3;5-11H,4H2,1-3H3;4-13H,3H2,1-2H3;2*4-11H,3H2,1-2H3;4-9H,3H2,1-2H3;8*1-2H3. The smallest absolute Gasteiger partial charge is 0.316 e. The van der Waals surface area contributed by atoms with Crippen LogP contribution in [0.1, 0.15) is 352 Å². The maximum Gasteiger partial charge on any atom is 0.316 e. The van der Waals surface area contributed by atoms with Gasteiger partial charge in [0.1, 0.15) is 11.5 Å². The van der Waals surface area contributed by atoms with Crippen molar-refractivity contribution in [1.82, 2.24) is 0 Å². The molecule has 0 bridgehead atoms. The molecule has 0 radical (unpaired) electrons. The van der Waals surface area contributed by atoms with Gasteiger partial charge >= 0.3 is 11.9 Å². The molecule has 0 aromatic heterocycles. The zero-order chi connectivity index (χ0) is 109. The molecule has 17 aromatic rings. The van der Waals surface area contributed by atoms with Crippen LogP contribution < -0.4 is 9.47 Å². The van der Waals surface area contributed by atoms with Crippen LogP contribution in [0.2, 0.25) is 0 Å². The number of esters is 2. The van der Waals surface area contributed by atoms with Gasteiger partial charge in [0.25, 0.3) is 0 Å². The second-order valence-electron chi connectivity index (χ2n) is 37.4. The van der Waals surface area contributed by atoms with E-state index >= 15 is 0 Å². The summed E-state index contributed by atoms with van der Waals surface area (Å²) in [6.45, 7) is 75.9. The van der Waals surface area contributed by atoms with Crippen LogP contribution >= 0.6 is 0 Å². The molecule has 4 unspecified atom stereocenters. The highest BCUT2D eigenvalue weighted by atomic mass is 16.5. The topological polar surface area (TPSA) is 52.6 Å². The van der Waals surface area contributed by atoms with E-state index in [1.165, 1.54) is 140 Å². The Morgan fingerprint density at radius 2 is 0.555 bits per heavy atom. The number of fused-ring (bicyclic) bond motifs is 7. The fourth-order valence-corrected chi connectivity index (χ4v) is 15.4. The Balaban J connectivity index is 0.000000554. The Hall–Kier alpha value is -12.5. The van der Waals surface area contributed by atoms with Crippen molar-refractivity contribution < 1.29 is 19.1 Å². The Morgan fingerprint density at radius 1 is 0.233 bits per heavy atom. The first-order valence-electron chi connectivity index (χ1n) is 55.7. The monoisotopic (exact) mass is 1960 g/mol. The third kappa shape index (κ3) is 40.7. The summed E-state index contributed by atoms with van der Waals surface area (Å²) in [6, 6.07) is 132. The Morgan fingerprint density at radius 3 is 0.993 bits per heavy atom. The van der Waals surface area contributed by atoms with Crippen molar-refractivity contribution in [2.24, 2.45) is 11.3 Å². The number of carbonyl (C=O) groups excluding carboxylic acids is 2. The summed E-state index contributed by atoms with van der Waals surface area (Å²) in [5.74, 6) is 2.84. The van der Waals surface area contributed by atoms with E-state index in [-0.39, 0.29) is 34.1 Å². The summed E-state index contributed by atoms with van der Waals surface area (Å²) in [5.41, 5.74) is 14.1. The molecule has 0 saturated carbocycles. The van der Waals surface area contributed by atoms with Gasteiger partial charge in [0.2, 0.25) is 0 Å². The molecule has 4 heteroatoms. The van der Waals surface area contributed by atoms with Crippen LogP contribution in [0.3, 0.4) is 0 Å². The van der Waals surface area contributed by atoms with Gasteiger partial charge in [-0.15, -0.1) is 0 Å². The number of rotatable bonds is 20. The molecular formula is C142H190O4. The molecule has 0 aliphatic carbocycles. The van der Waals surface area contributed by atoms with Crippen molar-refractivity contribution in [3.05, 3.63) is 409 Å². The number of para-hydroxylation sites is 1. The highest BCUT2D eigenvalue weighted by Gasteiger charge is 2.28. The number of benzene rings is 17. The lowest BCUT2D eigenvalue weighted by Crippen LogP contribution is -2.28. The summed E-state index contributed by atoms with van der Waals surface area (Å²) in [4.78, 5) is 23.3. The summed E-state index contributed by atoms with van der Waals surface area (Å²) >= 11 is 0. The van der Waals surface area contributed by atoms with Crippen molar-refractivity contribution in [1.29, 1.82) is 0 Å². The van der Waals surface area contributed by atoms with Crippen molar-refractivity contribution in [3.63, 3.8) is 0 Å². The van der Waals surface area contributed by atoms with E-state index < -0.39 is 5.41 Å². The number of ether oxygens (including phenoxy) is 2. The molecular weight excluding hydrogens is 1770 g/mol. The molecule has 0 spiro atoms. The summed E-state index contributed by atoms with van der Waals surface area (Å²) in [7, 11) is 0. The minimum Gasteiger partial charge on any atom is -0.426 e. The van der Waals surface area contributed by atoms with Crippen LogP contribution in [-0.2, 0) is 25.8 Å². The normalized spacial score (nSPS) is 11.2. The van der Waals surface area contributed by atoms with Crippen LogP contribution in [0.4, 0.5) is 0 Å². The third-order valence-electron chi connectivity index (χ3n) is 26.8. The average Bonchev–Trinajstić information content (AvgIpc) is 0.750. The molecule has 0 saturated heterocycles. The maximum absolute atomic E-state index is 12.0. The zero-order valence-corrected chi connectivity index (χ0v) is 97.4. The molecule has 0 fully saturated rings. The van der Waals surface area contributed by atoms with E-state index in [1.807, 2.05) is 206 Å². The predicted molar refractivity (Wildman–Crippen MR) is 657 cm³/mol. The van der Waals surface area contributed by atoms with Crippen molar-refractivity contribution in [2.75, 3.05) is 0 Å². The lowest BCUT2D eigenvalue weighted by Gasteiger charge is -2.27.